The van der Waals surface area contributed by atoms with Gasteiger partial charge in [0.1, 0.15) is 6.04 Å². The summed E-state index contributed by atoms with van der Waals surface area (Å²) in [5.41, 5.74) is 3.48. The number of anilines is 1. The van der Waals surface area contributed by atoms with E-state index in [-0.39, 0.29) is 36.3 Å². The minimum Gasteiger partial charge on any atom is -0.341 e. The van der Waals surface area contributed by atoms with Gasteiger partial charge in [0.05, 0.1) is 17.9 Å². The predicted octanol–water partition coefficient (Wildman–Crippen LogP) is 3.15. The fourth-order valence-electron chi connectivity index (χ4n) is 6.89. The first-order valence-corrected chi connectivity index (χ1v) is 14.2. The van der Waals surface area contributed by atoms with Crippen molar-refractivity contribution in [2.45, 2.75) is 63.1 Å². The smallest absolute Gasteiger partial charge is 0.317 e. The molecule has 3 aliphatic heterocycles. The van der Waals surface area contributed by atoms with Gasteiger partial charge in [0.2, 0.25) is 11.8 Å². The second-order valence-electron chi connectivity index (χ2n) is 11.5. The SMILES string of the molecule is CNC(=O)N1CCC(n2cc(Cc3ccc4c5c(cccc35)C(=O)N4C3CCC(=O)NC3=O)cn2)CC1C1CC1. The molecule has 1 aromatic heterocycles. The fourth-order valence-corrected chi connectivity index (χ4v) is 6.89. The van der Waals surface area contributed by atoms with Gasteiger partial charge in [-0.3, -0.25) is 29.3 Å². The highest BCUT2D eigenvalue weighted by molar-refractivity contribution is 6.27. The van der Waals surface area contributed by atoms with Crippen LogP contribution in [-0.2, 0) is 16.0 Å². The highest BCUT2D eigenvalue weighted by atomic mass is 16.2. The molecule has 2 N–H and O–H groups in total. The summed E-state index contributed by atoms with van der Waals surface area (Å²) in [5, 5.41) is 11.7. The largest absolute Gasteiger partial charge is 0.341 e. The number of hydrogen-bond donors (Lipinski definition) is 2. The zero-order valence-electron chi connectivity index (χ0n) is 22.4. The second kappa shape index (κ2) is 9.46. The van der Waals surface area contributed by atoms with Gasteiger partial charge in [0, 0.05) is 49.6 Å². The molecule has 2 aromatic carbocycles. The van der Waals surface area contributed by atoms with Crippen LogP contribution in [0.4, 0.5) is 10.5 Å². The first kappa shape index (κ1) is 24.8. The quantitative estimate of drug-likeness (QED) is 0.483. The first-order chi connectivity index (χ1) is 19.4. The molecule has 0 bridgehead atoms. The van der Waals surface area contributed by atoms with Crippen molar-refractivity contribution < 1.29 is 19.2 Å². The fraction of sp³-hybridized carbons (Fsp3) is 0.433. The van der Waals surface area contributed by atoms with Gasteiger partial charge >= 0.3 is 6.03 Å². The number of nitrogens with one attached hydrogen (secondary N) is 2. The Labute approximate surface area is 231 Å². The Kier molecular flexibility index (Phi) is 5.87. The number of rotatable bonds is 5. The lowest BCUT2D eigenvalue weighted by Gasteiger charge is -2.39. The van der Waals surface area contributed by atoms with Gasteiger partial charge in [-0.1, -0.05) is 18.2 Å². The lowest BCUT2D eigenvalue weighted by molar-refractivity contribution is -0.134. The number of hydrogen-bond acceptors (Lipinski definition) is 5. The minimum absolute atomic E-state index is 0.0122. The minimum atomic E-state index is -0.695. The average molecular weight is 541 g/mol. The normalized spacial score (nSPS) is 24.5. The van der Waals surface area contributed by atoms with Crippen LogP contribution < -0.4 is 15.5 Å². The van der Waals surface area contributed by atoms with Crippen LogP contribution in [0.2, 0.25) is 0 Å². The first-order valence-electron chi connectivity index (χ1n) is 14.2. The molecule has 3 atom stereocenters. The number of benzene rings is 2. The zero-order valence-corrected chi connectivity index (χ0v) is 22.4. The average Bonchev–Trinajstić information content (AvgIpc) is 3.64. The predicted molar refractivity (Wildman–Crippen MR) is 148 cm³/mol. The van der Waals surface area contributed by atoms with Crippen LogP contribution >= 0.6 is 0 Å². The highest BCUT2D eigenvalue weighted by Gasteiger charge is 2.42. The molecule has 5 amide bonds. The molecular formula is C30H32N6O4. The standard InChI is InChI=1S/C30H32N6O4/c1-31-30(40)34-12-11-20(14-25(34)18-5-6-18)35-16-17(15-32-35)13-19-7-8-23-27-21(19)3-2-4-22(27)29(39)36(23)24-9-10-26(37)33-28(24)38/h2-4,7-8,15-16,18,20,24-25H,5-6,9-14H2,1H3,(H,31,40)(H,33,37,38). The van der Waals surface area contributed by atoms with Gasteiger partial charge in [-0.15, -0.1) is 0 Å². The topological polar surface area (TPSA) is 117 Å². The molecule has 4 aliphatic rings. The van der Waals surface area contributed by atoms with Crippen LogP contribution in [0.15, 0.2) is 42.7 Å². The van der Waals surface area contributed by atoms with E-state index in [1.165, 1.54) is 12.8 Å². The van der Waals surface area contributed by atoms with Crippen LogP contribution in [0.3, 0.4) is 0 Å². The molecule has 4 heterocycles. The molecule has 40 heavy (non-hydrogen) atoms. The zero-order chi connectivity index (χ0) is 27.5. The molecule has 3 unspecified atom stereocenters. The number of carbonyl (C=O) groups excluding carboxylic acids is 4. The Morgan fingerprint density at radius 3 is 2.73 bits per heavy atom. The number of nitrogens with zero attached hydrogens (tertiary/aromatic N) is 4. The third-order valence-corrected chi connectivity index (χ3v) is 9.02. The molecule has 1 saturated carbocycles. The summed E-state index contributed by atoms with van der Waals surface area (Å²) in [4.78, 5) is 53.7. The van der Waals surface area contributed by atoms with Crippen LogP contribution in [0.25, 0.3) is 10.8 Å². The number of urea groups is 1. The summed E-state index contributed by atoms with van der Waals surface area (Å²) in [6.07, 6.45) is 9.39. The van der Waals surface area contributed by atoms with E-state index >= 15 is 0 Å². The molecule has 206 valence electrons. The van der Waals surface area contributed by atoms with E-state index in [4.69, 9.17) is 5.10 Å². The molecule has 0 spiro atoms. The van der Waals surface area contributed by atoms with Crippen LogP contribution in [0.5, 0.6) is 0 Å². The summed E-state index contributed by atoms with van der Waals surface area (Å²) >= 11 is 0. The number of aromatic nitrogens is 2. The Hall–Kier alpha value is -4.21. The van der Waals surface area contributed by atoms with E-state index < -0.39 is 11.9 Å². The lowest BCUT2D eigenvalue weighted by atomic mass is 9.94. The van der Waals surface area contributed by atoms with Gasteiger partial charge in [-0.2, -0.15) is 5.10 Å². The molecule has 2 saturated heterocycles. The van der Waals surface area contributed by atoms with E-state index in [2.05, 4.69) is 21.5 Å². The molecule has 3 fully saturated rings. The van der Waals surface area contributed by atoms with Crippen molar-refractivity contribution in [3.8, 4) is 0 Å². The van der Waals surface area contributed by atoms with E-state index in [0.717, 1.165) is 47.0 Å². The molecule has 1 aliphatic carbocycles. The van der Waals surface area contributed by atoms with Crippen molar-refractivity contribution in [2.75, 3.05) is 18.5 Å². The molecule has 0 radical (unpaired) electrons. The maximum absolute atomic E-state index is 13.4. The second-order valence-corrected chi connectivity index (χ2v) is 11.5. The molecule has 10 heteroatoms. The summed E-state index contributed by atoms with van der Waals surface area (Å²) in [6.45, 7) is 0.729. The number of imide groups is 1. The monoisotopic (exact) mass is 540 g/mol. The third-order valence-electron chi connectivity index (χ3n) is 9.02. The Morgan fingerprint density at radius 2 is 1.95 bits per heavy atom. The molecule has 3 aromatic rings. The van der Waals surface area contributed by atoms with E-state index in [1.54, 1.807) is 11.9 Å². The van der Waals surface area contributed by atoms with Crippen molar-refractivity contribution in [3.05, 3.63) is 59.4 Å². The van der Waals surface area contributed by atoms with Gasteiger partial charge in [0.15, 0.2) is 0 Å². The number of likely N-dealkylation sites (tertiary alicyclic amines) is 1. The van der Waals surface area contributed by atoms with Crippen molar-refractivity contribution in [1.29, 1.82) is 0 Å². The summed E-state index contributed by atoms with van der Waals surface area (Å²) < 4.78 is 2.07. The van der Waals surface area contributed by atoms with Gasteiger partial charge in [-0.25, -0.2) is 4.79 Å². The highest BCUT2D eigenvalue weighted by Crippen LogP contribution is 2.43. The van der Waals surface area contributed by atoms with Crippen molar-refractivity contribution >= 4 is 40.2 Å². The van der Waals surface area contributed by atoms with Crippen molar-refractivity contribution in [3.63, 3.8) is 0 Å². The van der Waals surface area contributed by atoms with Crippen molar-refractivity contribution in [1.82, 2.24) is 25.3 Å². The number of carbonyl (C=O) groups is 4. The summed E-state index contributed by atoms with van der Waals surface area (Å²) in [7, 11) is 1.70. The van der Waals surface area contributed by atoms with Gasteiger partial charge < -0.3 is 10.2 Å². The van der Waals surface area contributed by atoms with Crippen LogP contribution in [-0.4, -0.2) is 64.1 Å². The Bertz CT molecular complexity index is 1560. The van der Waals surface area contributed by atoms with Crippen LogP contribution in [0, 0.1) is 5.92 Å². The molecule has 10 nitrogen and oxygen atoms in total. The van der Waals surface area contributed by atoms with Gasteiger partial charge in [0.25, 0.3) is 5.91 Å². The molecule has 7 rings (SSSR count). The van der Waals surface area contributed by atoms with E-state index in [1.807, 2.05) is 41.4 Å². The van der Waals surface area contributed by atoms with E-state index in [9.17, 15) is 19.2 Å². The lowest BCUT2D eigenvalue weighted by Crippen LogP contribution is -2.53. The number of amides is 5. The van der Waals surface area contributed by atoms with Crippen molar-refractivity contribution in [2.24, 2.45) is 5.92 Å². The third kappa shape index (κ3) is 4.04. The maximum atomic E-state index is 13.4. The maximum Gasteiger partial charge on any atom is 0.317 e. The Balaban J connectivity index is 1.14. The summed E-state index contributed by atoms with van der Waals surface area (Å²) in [6, 6.07) is 9.51. The number of piperidine rings is 2. The van der Waals surface area contributed by atoms with E-state index in [0.29, 0.717) is 24.3 Å². The van der Waals surface area contributed by atoms with Crippen LogP contribution in [0.1, 0.15) is 66.1 Å². The Morgan fingerprint density at radius 1 is 1.10 bits per heavy atom. The van der Waals surface area contributed by atoms with Gasteiger partial charge in [-0.05, 0) is 66.7 Å². The molecular weight excluding hydrogens is 508 g/mol. The summed E-state index contributed by atoms with van der Waals surface area (Å²) in [5.74, 6) is -0.335.